The molecule has 0 bridgehead atoms. The van der Waals surface area contributed by atoms with Crippen LogP contribution in [0.4, 0.5) is 11.8 Å². The van der Waals surface area contributed by atoms with E-state index in [0.717, 1.165) is 43.0 Å². The Bertz CT molecular complexity index is 541. The average molecular weight is 320 g/mol. The van der Waals surface area contributed by atoms with Gasteiger partial charge in [-0.3, -0.25) is 0 Å². The topological polar surface area (TPSA) is 50.7 Å². The molecule has 0 aromatic carbocycles. The highest BCUT2D eigenvalue weighted by Gasteiger charge is 2.35. The molecule has 0 aliphatic heterocycles. The predicted octanol–water partition coefficient (Wildman–Crippen LogP) is 2.01. The van der Waals surface area contributed by atoms with E-state index < -0.39 is 0 Å². The minimum absolute atomic E-state index is 0.385. The van der Waals surface area contributed by atoms with Crippen LogP contribution in [0.2, 0.25) is 0 Å². The lowest BCUT2D eigenvalue weighted by molar-refractivity contribution is 0.0260. The van der Waals surface area contributed by atoms with Gasteiger partial charge in [-0.15, -0.1) is 0 Å². The summed E-state index contributed by atoms with van der Waals surface area (Å²) in [6, 6.07) is 0.982. The Morgan fingerprint density at radius 3 is 2.00 bits per heavy atom. The van der Waals surface area contributed by atoms with Crippen molar-refractivity contribution < 1.29 is 9.47 Å². The van der Waals surface area contributed by atoms with Crippen molar-refractivity contribution in [1.29, 1.82) is 0 Å². The van der Waals surface area contributed by atoms with E-state index in [2.05, 4.69) is 35.8 Å². The fourth-order valence-corrected chi connectivity index (χ4v) is 3.38. The zero-order valence-electron chi connectivity index (χ0n) is 14.8. The second-order valence-electron chi connectivity index (χ2n) is 6.86. The van der Waals surface area contributed by atoms with E-state index in [9.17, 15) is 0 Å². The van der Waals surface area contributed by atoms with Gasteiger partial charge in [0.25, 0.3) is 0 Å². The molecule has 1 heterocycles. The van der Waals surface area contributed by atoms with Crippen LogP contribution in [0.5, 0.6) is 0 Å². The van der Waals surface area contributed by atoms with E-state index in [1.54, 1.807) is 14.2 Å². The Hall–Kier alpha value is -1.40. The Balaban J connectivity index is 1.69. The van der Waals surface area contributed by atoms with Crippen molar-refractivity contribution in [3.63, 3.8) is 0 Å². The third-order valence-electron chi connectivity index (χ3n) is 5.48. The first-order valence-electron chi connectivity index (χ1n) is 8.38. The first kappa shape index (κ1) is 16.5. The normalized spacial score (nSPS) is 29.6. The molecular weight excluding hydrogens is 292 g/mol. The monoisotopic (exact) mass is 320 g/mol. The van der Waals surface area contributed by atoms with Crippen LogP contribution in [0.3, 0.4) is 0 Å². The van der Waals surface area contributed by atoms with Crippen LogP contribution in [0, 0.1) is 6.92 Å². The smallest absolute Gasteiger partial charge is 0.227 e. The van der Waals surface area contributed by atoms with Crippen molar-refractivity contribution in [3.8, 4) is 0 Å². The Morgan fingerprint density at radius 2 is 1.48 bits per heavy atom. The van der Waals surface area contributed by atoms with E-state index in [0.29, 0.717) is 24.3 Å². The fraction of sp³-hybridized carbons (Fsp3) is 0.765. The quantitative estimate of drug-likeness (QED) is 0.799. The van der Waals surface area contributed by atoms with Gasteiger partial charge < -0.3 is 19.3 Å². The number of hydrogen-bond acceptors (Lipinski definition) is 6. The van der Waals surface area contributed by atoms with Crippen molar-refractivity contribution in [2.45, 2.75) is 56.9 Å². The van der Waals surface area contributed by atoms with Crippen LogP contribution in [-0.2, 0) is 9.47 Å². The highest BCUT2D eigenvalue weighted by Crippen LogP contribution is 2.33. The van der Waals surface area contributed by atoms with E-state index in [1.807, 2.05) is 6.20 Å². The molecule has 0 radical (unpaired) electrons. The molecule has 3 rings (SSSR count). The maximum atomic E-state index is 5.39. The molecule has 0 atom stereocenters. The molecule has 0 unspecified atom stereocenters. The van der Waals surface area contributed by atoms with Gasteiger partial charge in [0.2, 0.25) is 5.95 Å². The van der Waals surface area contributed by atoms with Crippen LogP contribution in [0.15, 0.2) is 6.20 Å². The largest absolute Gasteiger partial charge is 0.381 e. The van der Waals surface area contributed by atoms with Crippen LogP contribution < -0.4 is 9.80 Å². The number of aryl methyl sites for hydroxylation is 1. The maximum absolute atomic E-state index is 5.39. The van der Waals surface area contributed by atoms with Gasteiger partial charge in [0.15, 0.2) is 0 Å². The molecule has 0 N–H and O–H groups in total. The number of rotatable bonds is 6. The predicted molar refractivity (Wildman–Crippen MR) is 91.2 cm³/mol. The summed E-state index contributed by atoms with van der Waals surface area (Å²) in [5.74, 6) is 1.84. The number of aromatic nitrogens is 2. The third kappa shape index (κ3) is 3.15. The first-order chi connectivity index (χ1) is 11.0. The summed E-state index contributed by atoms with van der Waals surface area (Å²) in [5, 5.41) is 0. The zero-order chi connectivity index (χ0) is 16.6. The van der Waals surface area contributed by atoms with Crippen molar-refractivity contribution >= 4 is 11.8 Å². The number of ether oxygens (including phenoxy) is 2. The molecule has 2 aliphatic carbocycles. The lowest BCUT2D eigenvalue weighted by atomic mass is 9.88. The van der Waals surface area contributed by atoms with Crippen LogP contribution >= 0.6 is 0 Å². The maximum Gasteiger partial charge on any atom is 0.227 e. The first-order valence-corrected chi connectivity index (χ1v) is 8.38. The molecule has 128 valence electrons. The molecular formula is C17H28N4O2. The second kappa shape index (κ2) is 6.61. The number of methoxy groups -OCH3 is 2. The van der Waals surface area contributed by atoms with E-state index in [-0.39, 0.29) is 0 Å². The summed E-state index contributed by atoms with van der Waals surface area (Å²) in [6.07, 6.45) is 6.95. The molecule has 2 aliphatic rings. The lowest BCUT2D eigenvalue weighted by Crippen LogP contribution is -2.48. The van der Waals surface area contributed by atoms with Crippen molar-refractivity contribution in [2.75, 3.05) is 38.1 Å². The summed E-state index contributed by atoms with van der Waals surface area (Å²) < 4.78 is 10.8. The standard InChI is InChI=1S/C17H28N4O2/c1-11-10-18-17(21(3)13-8-15(9-13)23-5)19-16(11)20(2)12-6-14(7-12)22-4/h10,12-15H,6-9H2,1-5H3. The summed E-state index contributed by atoms with van der Waals surface area (Å²) in [4.78, 5) is 13.8. The molecule has 0 saturated heterocycles. The van der Waals surface area contributed by atoms with Gasteiger partial charge in [-0.2, -0.15) is 4.98 Å². The van der Waals surface area contributed by atoms with Gasteiger partial charge in [0.1, 0.15) is 5.82 Å². The summed E-state index contributed by atoms with van der Waals surface area (Å²) in [5.41, 5.74) is 1.12. The molecule has 23 heavy (non-hydrogen) atoms. The number of anilines is 2. The van der Waals surface area contributed by atoms with Crippen molar-refractivity contribution in [3.05, 3.63) is 11.8 Å². The van der Waals surface area contributed by atoms with Crippen LogP contribution in [-0.4, -0.2) is 62.6 Å². The van der Waals surface area contributed by atoms with Crippen LogP contribution in [0.1, 0.15) is 31.2 Å². The van der Waals surface area contributed by atoms with Gasteiger partial charge in [0, 0.05) is 52.2 Å². The third-order valence-corrected chi connectivity index (χ3v) is 5.48. The molecule has 1 aromatic rings. The summed E-state index contributed by atoms with van der Waals surface area (Å²) >= 11 is 0. The van der Waals surface area contributed by atoms with Gasteiger partial charge in [-0.1, -0.05) is 0 Å². The van der Waals surface area contributed by atoms with Crippen molar-refractivity contribution in [1.82, 2.24) is 9.97 Å². The zero-order valence-corrected chi connectivity index (χ0v) is 14.8. The number of nitrogens with zero attached hydrogens (tertiary/aromatic N) is 4. The van der Waals surface area contributed by atoms with E-state index in [4.69, 9.17) is 14.5 Å². The SMILES string of the molecule is COC1CC(N(C)c2ncc(C)c(N(C)C3CC(OC)C3)n2)C1. The summed E-state index contributed by atoms with van der Waals surface area (Å²) in [6.45, 7) is 2.08. The second-order valence-corrected chi connectivity index (χ2v) is 6.86. The van der Waals surface area contributed by atoms with E-state index in [1.165, 1.54) is 0 Å². The molecule has 2 saturated carbocycles. The summed E-state index contributed by atoms with van der Waals surface area (Å²) in [7, 11) is 7.77. The molecule has 1 aromatic heterocycles. The van der Waals surface area contributed by atoms with Crippen molar-refractivity contribution in [2.24, 2.45) is 0 Å². The average Bonchev–Trinajstić information content (AvgIpc) is 2.45. The minimum atomic E-state index is 0.385. The van der Waals surface area contributed by atoms with Gasteiger partial charge in [0.05, 0.1) is 12.2 Å². The highest BCUT2D eigenvalue weighted by atomic mass is 16.5. The molecule has 0 amide bonds. The van der Waals surface area contributed by atoms with Gasteiger partial charge in [-0.25, -0.2) is 4.98 Å². The Kier molecular flexibility index (Phi) is 4.73. The van der Waals surface area contributed by atoms with E-state index >= 15 is 0 Å². The van der Waals surface area contributed by atoms with Gasteiger partial charge >= 0.3 is 0 Å². The lowest BCUT2D eigenvalue weighted by Gasteiger charge is -2.42. The van der Waals surface area contributed by atoms with Gasteiger partial charge in [-0.05, 0) is 32.6 Å². The Morgan fingerprint density at radius 1 is 0.957 bits per heavy atom. The number of hydrogen-bond donors (Lipinski definition) is 0. The molecule has 0 spiro atoms. The minimum Gasteiger partial charge on any atom is -0.381 e. The molecule has 6 heteroatoms. The van der Waals surface area contributed by atoms with Crippen LogP contribution in [0.25, 0.3) is 0 Å². The Labute approximate surface area is 138 Å². The fourth-order valence-electron chi connectivity index (χ4n) is 3.38. The molecule has 6 nitrogen and oxygen atoms in total. The highest BCUT2D eigenvalue weighted by molar-refractivity contribution is 5.50. The molecule has 2 fully saturated rings.